The number of nitro groups is 1. The molecule has 0 amide bonds. The van der Waals surface area contributed by atoms with Gasteiger partial charge in [-0.1, -0.05) is 13.8 Å². The Labute approximate surface area is 107 Å². The molecule has 1 heterocycles. The van der Waals surface area contributed by atoms with Gasteiger partial charge in [-0.3, -0.25) is 10.1 Å². The molecule has 1 saturated heterocycles. The Kier molecular flexibility index (Phi) is 3.41. The van der Waals surface area contributed by atoms with E-state index in [0.717, 1.165) is 19.4 Å². The number of benzene rings is 1. The molecule has 18 heavy (non-hydrogen) atoms. The lowest BCUT2D eigenvalue weighted by molar-refractivity contribution is -0.384. The molecular weight excluding hydrogens is 230 g/mol. The van der Waals surface area contributed by atoms with Gasteiger partial charge < -0.3 is 10.6 Å². The predicted octanol–water partition coefficient (Wildman–Crippen LogP) is 2.80. The van der Waals surface area contributed by atoms with Gasteiger partial charge >= 0.3 is 0 Å². The highest BCUT2D eigenvalue weighted by Gasteiger charge is 2.31. The topological polar surface area (TPSA) is 72.4 Å². The predicted molar refractivity (Wildman–Crippen MR) is 72.7 cm³/mol. The summed E-state index contributed by atoms with van der Waals surface area (Å²) in [5.74, 6) is 0.480. The van der Waals surface area contributed by atoms with Crippen molar-refractivity contribution in [3.8, 4) is 0 Å². The first kappa shape index (κ1) is 12.7. The highest BCUT2D eigenvalue weighted by molar-refractivity contribution is 5.69. The highest BCUT2D eigenvalue weighted by Crippen LogP contribution is 2.36. The van der Waals surface area contributed by atoms with Gasteiger partial charge in [-0.2, -0.15) is 0 Å². The Morgan fingerprint density at radius 3 is 2.83 bits per heavy atom. The van der Waals surface area contributed by atoms with Gasteiger partial charge in [-0.25, -0.2) is 0 Å². The molecule has 0 bridgehead atoms. The summed E-state index contributed by atoms with van der Waals surface area (Å²) < 4.78 is 0. The summed E-state index contributed by atoms with van der Waals surface area (Å²) in [7, 11) is 0. The van der Waals surface area contributed by atoms with E-state index in [4.69, 9.17) is 5.73 Å². The van der Waals surface area contributed by atoms with Crippen LogP contribution in [-0.4, -0.2) is 17.5 Å². The van der Waals surface area contributed by atoms with Gasteiger partial charge in [0.1, 0.15) is 5.69 Å². The van der Waals surface area contributed by atoms with Crippen molar-refractivity contribution < 1.29 is 4.92 Å². The van der Waals surface area contributed by atoms with E-state index < -0.39 is 0 Å². The number of rotatable bonds is 3. The van der Waals surface area contributed by atoms with E-state index in [-0.39, 0.29) is 10.6 Å². The van der Waals surface area contributed by atoms with Crippen molar-refractivity contribution in [2.24, 2.45) is 5.92 Å². The van der Waals surface area contributed by atoms with Crippen molar-refractivity contribution in [3.63, 3.8) is 0 Å². The molecule has 5 heteroatoms. The Hall–Kier alpha value is -1.78. The SMILES string of the molecule is CC(C)C1CCCN1c1cc(N)ccc1[N+](=O)[O-]. The summed E-state index contributed by atoms with van der Waals surface area (Å²) in [6.07, 6.45) is 2.17. The molecule has 0 aromatic heterocycles. The van der Waals surface area contributed by atoms with Crippen LogP contribution in [0.2, 0.25) is 0 Å². The molecule has 1 aromatic carbocycles. The lowest BCUT2D eigenvalue weighted by atomic mass is 10.0. The summed E-state index contributed by atoms with van der Waals surface area (Å²) in [6.45, 7) is 5.18. The molecule has 1 atom stereocenters. The second kappa shape index (κ2) is 4.84. The number of nitrogens with two attached hydrogens (primary N) is 1. The van der Waals surface area contributed by atoms with Crippen LogP contribution in [0.5, 0.6) is 0 Å². The number of nitrogen functional groups attached to an aromatic ring is 1. The first-order valence-corrected chi connectivity index (χ1v) is 6.31. The summed E-state index contributed by atoms with van der Waals surface area (Å²) in [5, 5.41) is 11.1. The summed E-state index contributed by atoms with van der Waals surface area (Å²) >= 11 is 0. The van der Waals surface area contributed by atoms with Crippen molar-refractivity contribution in [1.82, 2.24) is 0 Å². The maximum Gasteiger partial charge on any atom is 0.292 e. The van der Waals surface area contributed by atoms with Gasteiger partial charge in [0.05, 0.1) is 4.92 Å². The first-order chi connectivity index (χ1) is 8.50. The number of anilines is 2. The van der Waals surface area contributed by atoms with Crippen LogP contribution < -0.4 is 10.6 Å². The van der Waals surface area contributed by atoms with Crippen LogP contribution in [0.4, 0.5) is 17.1 Å². The van der Waals surface area contributed by atoms with Crippen molar-refractivity contribution >= 4 is 17.1 Å². The zero-order valence-electron chi connectivity index (χ0n) is 10.8. The molecule has 0 saturated carbocycles. The lowest BCUT2D eigenvalue weighted by Gasteiger charge is -2.29. The van der Waals surface area contributed by atoms with E-state index in [2.05, 4.69) is 18.7 Å². The second-order valence-electron chi connectivity index (χ2n) is 5.15. The third-order valence-corrected chi connectivity index (χ3v) is 3.57. The average Bonchev–Trinajstić information content (AvgIpc) is 2.77. The fourth-order valence-corrected chi connectivity index (χ4v) is 2.71. The second-order valence-corrected chi connectivity index (χ2v) is 5.15. The van der Waals surface area contributed by atoms with Gasteiger partial charge in [0.15, 0.2) is 0 Å². The monoisotopic (exact) mass is 249 g/mol. The zero-order valence-corrected chi connectivity index (χ0v) is 10.8. The molecule has 1 unspecified atom stereocenters. The first-order valence-electron chi connectivity index (χ1n) is 6.31. The molecule has 0 radical (unpaired) electrons. The largest absolute Gasteiger partial charge is 0.399 e. The normalized spacial score (nSPS) is 19.5. The van der Waals surface area contributed by atoms with Crippen LogP contribution in [0.25, 0.3) is 0 Å². The Bertz CT molecular complexity index is 460. The smallest absolute Gasteiger partial charge is 0.292 e. The van der Waals surface area contributed by atoms with E-state index in [1.807, 2.05) is 0 Å². The standard InChI is InChI=1S/C13H19N3O2/c1-9(2)11-4-3-7-15(11)13-8-10(14)5-6-12(13)16(17)18/h5-6,8-9,11H,3-4,7,14H2,1-2H3. The molecule has 1 aliphatic rings. The molecular formula is C13H19N3O2. The van der Waals surface area contributed by atoms with Crippen molar-refractivity contribution in [2.75, 3.05) is 17.2 Å². The maximum absolute atomic E-state index is 11.1. The number of hydrogen-bond acceptors (Lipinski definition) is 4. The third-order valence-electron chi connectivity index (χ3n) is 3.57. The average molecular weight is 249 g/mol. The number of nitro benzene ring substituents is 1. The Morgan fingerprint density at radius 2 is 2.22 bits per heavy atom. The van der Waals surface area contributed by atoms with Crippen LogP contribution in [0.15, 0.2) is 18.2 Å². The minimum atomic E-state index is -0.329. The molecule has 98 valence electrons. The number of nitrogens with zero attached hydrogens (tertiary/aromatic N) is 2. The quantitative estimate of drug-likeness (QED) is 0.508. The Morgan fingerprint density at radius 1 is 1.50 bits per heavy atom. The molecule has 1 fully saturated rings. The van der Waals surface area contributed by atoms with Crippen LogP contribution in [0.3, 0.4) is 0 Å². The lowest BCUT2D eigenvalue weighted by Crippen LogP contribution is -2.33. The zero-order chi connectivity index (χ0) is 13.3. The molecule has 5 nitrogen and oxygen atoms in total. The summed E-state index contributed by atoms with van der Waals surface area (Å²) in [4.78, 5) is 12.9. The molecule has 1 aromatic rings. The van der Waals surface area contributed by atoms with Gasteiger partial charge in [0, 0.05) is 24.3 Å². The van der Waals surface area contributed by atoms with E-state index >= 15 is 0 Å². The van der Waals surface area contributed by atoms with Gasteiger partial charge in [0.25, 0.3) is 5.69 Å². The minimum Gasteiger partial charge on any atom is -0.399 e. The van der Waals surface area contributed by atoms with Crippen LogP contribution in [0, 0.1) is 16.0 Å². The third kappa shape index (κ3) is 2.25. The van der Waals surface area contributed by atoms with Crippen LogP contribution >= 0.6 is 0 Å². The molecule has 0 spiro atoms. The van der Waals surface area contributed by atoms with Crippen LogP contribution in [-0.2, 0) is 0 Å². The fourth-order valence-electron chi connectivity index (χ4n) is 2.71. The van der Waals surface area contributed by atoms with Crippen molar-refractivity contribution in [1.29, 1.82) is 0 Å². The molecule has 1 aliphatic heterocycles. The molecule has 2 rings (SSSR count). The maximum atomic E-state index is 11.1. The molecule has 2 N–H and O–H groups in total. The van der Waals surface area contributed by atoms with Gasteiger partial charge in [0.2, 0.25) is 0 Å². The Balaban J connectivity index is 2.42. The fraction of sp³-hybridized carbons (Fsp3) is 0.538. The van der Waals surface area contributed by atoms with E-state index in [1.54, 1.807) is 12.1 Å². The van der Waals surface area contributed by atoms with E-state index in [1.165, 1.54) is 6.07 Å². The van der Waals surface area contributed by atoms with Crippen molar-refractivity contribution in [3.05, 3.63) is 28.3 Å². The van der Waals surface area contributed by atoms with E-state index in [9.17, 15) is 10.1 Å². The minimum absolute atomic E-state index is 0.150. The van der Waals surface area contributed by atoms with Crippen molar-refractivity contribution in [2.45, 2.75) is 32.7 Å². The summed E-state index contributed by atoms with van der Waals surface area (Å²) in [5.41, 5.74) is 7.15. The molecule has 0 aliphatic carbocycles. The van der Waals surface area contributed by atoms with Gasteiger partial charge in [-0.15, -0.1) is 0 Å². The number of hydrogen-bond donors (Lipinski definition) is 1. The summed E-state index contributed by atoms with van der Waals surface area (Å²) in [6, 6.07) is 5.17. The highest BCUT2D eigenvalue weighted by atomic mass is 16.6. The van der Waals surface area contributed by atoms with Gasteiger partial charge in [-0.05, 0) is 30.9 Å². The van der Waals surface area contributed by atoms with E-state index in [0.29, 0.717) is 23.3 Å². The van der Waals surface area contributed by atoms with Crippen LogP contribution in [0.1, 0.15) is 26.7 Å².